The van der Waals surface area contributed by atoms with Crippen molar-refractivity contribution in [1.82, 2.24) is 14.7 Å². The van der Waals surface area contributed by atoms with E-state index in [9.17, 15) is 14.4 Å². The zero-order valence-corrected chi connectivity index (χ0v) is 16.3. The molecule has 0 bridgehead atoms. The maximum Gasteiger partial charge on any atom is 0.249 e. The van der Waals surface area contributed by atoms with E-state index in [1.807, 2.05) is 26.0 Å². The summed E-state index contributed by atoms with van der Waals surface area (Å²) in [4.78, 5) is 42.6. The van der Waals surface area contributed by atoms with Crippen molar-refractivity contribution in [3.05, 3.63) is 23.3 Å². The Morgan fingerprint density at radius 3 is 1.96 bits per heavy atom. The summed E-state index contributed by atoms with van der Waals surface area (Å²) in [6.07, 6.45) is 5.31. The molecule has 0 aliphatic carbocycles. The van der Waals surface area contributed by atoms with E-state index in [0.717, 1.165) is 12.8 Å². The molecule has 1 rings (SSSR count). The van der Waals surface area contributed by atoms with Crippen LogP contribution in [0.4, 0.5) is 0 Å². The quantitative estimate of drug-likeness (QED) is 0.712. The molecule has 140 valence electrons. The van der Waals surface area contributed by atoms with Gasteiger partial charge in [-0.2, -0.15) is 0 Å². The maximum atomic E-state index is 12.7. The van der Waals surface area contributed by atoms with Crippen molar-refractivity contribution in [2.45, 2.75) is 46.6 Å². The van der Waals surface area contributed by atoms with Gasteiger partial charge in [0.25, 0.3) is 0 Å². The molecule has 0 aromatic rings. The SMILES string of the molecule is CCC=C(C)C(=O)N1CCN(C(=O)C(C)=CCC)C(C(=O)N(C)C)C1. The number of allylic oxidation sites excluding steroid dienone is 2. The van der Waals surface area contributed by atoms with Gasteiger partial charge in [-0.1, -0.05) is 26.0 Å². The minimum Gasteiger partial charge on any atom is -0.347 e. The molecule has 0 saturated carbocycles. The van der Waals surface area contributed by atoms with Gasteiger partial charge in [0.2, 0.25) is 17.7 Å². The molecule has 0 aromatic carbocycles. The molecule has 6 heteroatoms. The lowest BCUT2D eigenvalue weighted by molar-refractivity contribution is -0.148. The highest BCUT2D eigenvalue weighted by atomic mass is 16.2. The average Bonchev–Trinajstić information content (AvgIpc) is 2.59. The van der Waals surface area contributed by atoms with Gasteiger partial charge in [0.1, 0.15) is 6.04 Å². The van der Waals surface area contributed by atoms with Crippen molar-refractivity contribution in [3.8, 4) is 0 Å². The van der Waals surface area contributed by atoms with Gasteiger partial charge in [-0.05, 0) is 26.7 Å². The Morgan fingerprint density at radius 2 is 1.48 bits per heavy atom. The van der Waals surface area contributed by atoms with Gasteiger partial charge < -0.3 is 14.7 Å². The number of carbonyl (C=O) groups is 3. The Morgan fingerprint density at radius 1 is 0.960 bits per heavy atom. The molecule has 1 saturated heterocycles. The van der Waals surface area contributed by atoms with Crippen LogP contribution >= 0.6 is 0 Å². The van der Waals surface area contributed by atoms with E-state index in [1.165, 1.54) is 4.90 Å². The smallest absolute Gasteiger partial charge is 0.249 e. The van der Waals surface area contributed by atoms with Crippen molar-refractivity contribution in [2.24, 2.45) is 0 Å². The fourth-order valence-corrected chi connectivity index (χ4v) is 2.98. The molecule has 1 unspecified atom stereocenters. The third-order valence-electron chi connectivity index (χ3n) is 4.35. The van der Waals surface area contributed by atoms with Crippen LogP contribution in [0.3, 0.4) is 0 Å². The molecule has 6 nitrogen and oxygen atoms in total. The Hall–Kier alpha value is -2.11. The van der Waals surface area contributed by atoms with Crippen molar-refractivity contribution >= 4 is 17.7 Å². The van der Waals surface area contributed by atoms with Crippen LogP contribution in [0.5, 0.6) is 0 Å². The predicted molar refractivity (Wildman–Crippen MR) is 98.9 cm³/mol. The Labute approximate surface area is 151 Å². The normalized spacial score (nSPS) is 19.0. The van der Waals surface area contributed by atoms with E-state index < -0.39 is 6.04 Å². The number of hydrogen-bond donors (Lipinski definition) is 0. The average molecular weight is 349 g/mol. The van der Waals surface area contributed by atoms with E-state index in [4.69, 9.17) is 0 Å². The zero-order chi connectivity index (χ0) is 19.1. The predicted octanol–water partition coefficient (Wildman–Crippen LogP) is 1.83. The van der Waals surface area contributed by atoms with Crippen LogP contribution in [-0.2, 0) is 14.4 Å². The molecule has 1 fully saturated rings. The van der Waals surface area contributed by atoms with E-state index in [-0.39, 0.29) is 24.3 Å². The second-order valence-electron chi connectivity index (χ2n) is 6.59. The van der Waals surface area contributed by atoms with Gasteiger partial charge in [-0.3, -0.25) is 14.4 Å². The first-order chi connectivity index (χ1) is 11.7. The number of amides is 3. The van der Waals surface area contributed by atoms with Crippen LogP contribution in [0.2, 0.25) is 0 Å². The Bertz CT molecular complexity index is 578. The van der Waals surface area contributed by atoms with Crippen LogP contribution in [0.15, 0.2) is 23.3 Å². The number of hydrogen-bond acceptors (Lipinski definition) is 3. The zero-order valence-electron chi connectivity index (χ0n) is 16.3. The highest BCUT2D eigenvalue weighted by molar-refractivity contribution is 5.98. The largest absolute Gasteiger partial charge is 0.347 e. The van der Waals surface area contributed by atoms with E-state index in [2.05, 4.69) is 0 Å². The summed E-state index contributed by atoms with van der Waals surface area (Å²) >= 11 is 0. The summed E-state index contributed by atoms with van der Waals surface area (Å²) in [5, 5.41) is 0. The molecule has 0 radical (unpaired) electrons. The number of likely N-dealkylation sites (N-methyl/N-ethyl adjacent to an activating group) is 1. The van der Waals surface area contributed by atoms with Crippen molar-refractivity contribution < 1.29 is 14.4 Å². The van der Waals surface area contributed by atoms with Gasteiger partial charge in [0.15, 0.2) is 0 Å². The lowest BCUT2D eigenvalue weighted by atomic mass is 10.1. The van der Waals surface area contributed by atoms with Crippen molar-refractivity contribution in [3.63, 3.8) is 0 Å². The molecule has 3 amide bonds. The standard InChI is InChI=1S/C19H31N3O3/c1-7-9-14(3)17(23)21-11-12-22(18(24)15(4)10-8-2)16(13-21)19(25)20(5)6/h9-10,16H,7-8,11-13H2,1-6H3. The van der Waals surface area contributed by atoms with Crippen LogP contribution < -0.4 is 0 Å². The molecule has 0 aromatic heterocycles. The number of carbonyl (C=O) groups excluding carboxylic acids is 3. The van der Waals surface area contributed by atoms with Gasteiger partial charge >= 0.3 is 0 Å². The first kappa shape index (κ1) is 20.9. The summed E-state index contributed by atoms with van der Waals surface area (Å²) in [5.74, 6) is -0.353. The van der Waals surface area contributed by atoms with Crippen molar-refractivity contribution in [1.29, 1.82) is 0 Å². The van der Waals surface area contributed by atoms with E-state index in [1.54, 1.807) is 37.7 Å². The highest BCUT2D eigenvalue weighted by Gasteiger charge is 2.38. The summed E-state index contributed by atoms with van der Waals surface area (Å²) in [5.41, 5.74) is 1.32. The second kappa shape index (κ2) is 9.39. The molecule has 25 heavy (non-hydrogen) atoms. The minimum absolute atomic E-state index is 0.0636. The summed E-state index contributed by atoms with van der Waals surface area (Å²) < 4.78 is 0. The molecule has 1 atom stereocenters. The molecule has 1 heterocycles. The van der Waals surface area contributed by atoms with E-state index in [0.29, 0.717) is 24.2 Å². The topological polar surface area (TPSA) is 60.9 Å². The van der Waals surface area contributed by atoms with Gasteiger partial charge in [0.05, 0.1) is 6.54 Å². The molecule has 0 spiro atoms. The summed E-state index contributed by atoms with van der Waals surface area (Å²) in [6, 6.07) is -0.644. The third kappa shape index (κ3) is 5.18. The lowest BCUT2D eigenvalue weighted by Gasteiger charge is -2.41. The van der Waals surface area contributed by atoms with Crippen LogP contribution in [0.1, 0.15) is 40.5 Å². The first-order valence-corrected chi connectivity index (χ1v) is 8.89. The van der Waals surface area contributed by atoms with Gasteiger partial charge in [-0.15, -0.1) is 0 Å². The number of nitrogens with zero attached hydrogens (tertiary/aromatic N) is 3. The van der Waals surface area contributed by atoms with Gasteiger partial charge in [0, 0.05) is 38.3 Å². The first-order valence-electron chi connectivity index (χ1n) is 8.89. The summed E-state index contributed by atoms with van der Waals surface area (Å²) in [7, 11) is 3.34. The highest BCUT2D eigenvalue weighted by Crippen LogP contribution is 2.17. The molecular weight excluding hydrogens is 318 g/mol. The number of rotatable bonds is 5. The molecule has 0 N–H and O–H groups in total. The lowest BCUT2D eigenvalue weighted by Crippen LogP contribution is -2.61. The number of piperazine rings is 1. The maximum absolute atomic E-state index is 12.7. The van der Waals surface area contributed by atoms with E-state index >= 15 is 0 Å². The van der Waals surface area contributed by atoms with Crippen LogP contribution in [0.25, 0.3) is 0 Å². The second-order valence-corrected chi connectivity index (χ2v) is 6.59. The van der Waals surface area contributed by atoms with Gasteiger partial charge in [-0.25, -0.2) is 0 Å². The van der Waals surface area contributed by atoms with Crippen LogP contribution in [-0.4, -0.2) is 72.2 Å². The Kier molecular flexibility index (Phi) is 7.87. The van der Waals surface area contributed by atoms with Crippen LogP contribution in [0, 0.1) is 0 Å². The summed E-state index contributed by atoms with van der Waals surface area (Å²) in [6.45, 7) is 8.55. The monoisotopic (exact) mass is 349 g/mol. The third-order valence-corrected chi connectivity index (χ3v) is 4.35. The minimum atomic E-state index is -0.644. The van der Waals surface area contributed by atoms with Crippen molar-refractivity contribution in [2.75, 3.05) is 33.7 Å². The molecular formula is C19H31N3O3. The fraction of sp³-hybridized carbons (Fsp3) is 0.632. The Balaban J connectivity index is 3.06. The molecule has 1 aliphatic rings. The fourth-order valence-electron chi connectivity index (χ4n) is 2.98. The molecule has 1 aliphatic heterocycles.